The van der Waals surface area contributed by atoms with Gasteiger partial charge in [0.1, 0.15) is 13.2 Å². The molecule has 0 aliphatic rings. The van der Waals surface area contributed by atoms with E-state index in [0.717, 1.165) is 0 Å². The standard InChI is InChI=1S/C15H28O8/c1-3-19-8-9-21-11-13-23-15(17)5-4-14(16)22-12-10-20-7-6-18-2/h3-13H2,1-2H3. The van der Waals surface area contributed by atoms with Gasteiger partial charge in [-0.1, -0.05) is 0 Å². The van der Waals surface area contributed by atoms with Gasteiger partial charge in [-0.2, -0.15) is 0 Å². The molecule has 136 valence electrons. The monoisotopic (exact) mass is 336 g/mol. The second-order valence-corrected chi connectivity index (χ2v) is 4.36. The maximum absolute atomic E-state index is 11.4. The number of carbonyl (C=O) groups is 2. The van der Waals surface area contributed by atoms with Crippen LogP contribution in [0.2, 0.25) is 0 Å². The first-order valence-electron chi connectivity index (χ1n) is 7.74. The SMILES string of the molecule is CCOCCOCCOC(=O)CCC(=O)OCCOCCOC. The lowest BCUT2D eigenvalue weighted by Crippen LogP contribution is -2.16. The lowest BCUT2D eigenvalue weighted by Gasteiger charge is -2.07. The van der Waals surface area contributed by atoms with Crippen molar-refractivity contribution < 1.29 is 38.0 Å². The van der Waals surface area contributed by atoms with Crippen LogP contribution in [0, 0.1) is 0 Å². The summed E-state index contributed by atoms with van der Waals surface area (Å²) in [5.74, 6) is -0.906. The Morgan fingerprint density at radius 2 is 1.09 bits per heavy atom. The molecule has 0 spiro atoms. The molecule has 0 aliphatic carbocycles. The predicted molar refractivity (Wildman–Crippen MR) is 81.2 cm³/mol. The van der Waals surface area contributed by atoms with Gasteiger partial charge in [-0.25, -0.2) is 0 Å². The minimum atomic E-state index is -0.453. The molecule has 0 aromatic carbocycles. The van der Waals surface area contributed by atoms with Crippen LogP contribution in [0.5, 0.6) is 0 Å². The molecule has 0 aliphatic heterocycles. The lowest BCUT2D eigenvalue weighted by molar-refractivity contribution is -0.152. The van der Waals surface area contributed by atoms with Gasteiger partial charge in [-0.15, -0.1) is 0 Å². The van der Waals surface area contributed by atoms with Crippen LogP contribution in [-0.2, 0) is 38.0 Å². The van der Waals surface area contributed by atoms with Crippen molar-refractivity contribution in [2.75, 3.05) is 66.6 Å². The Morgan fingerprint density at radius 3 is 1.57 bits per heavy atom. The maximum atomic E-state index is 11.4. The van der Waals surface area contributed by atoms with E-state index in [1.165, 1.54) is 0 Å². The molecule has 0 N–H and O–H groups in total. The zero-order chi connectivity index (χ0) is 17.2. The van der Waals surface area contributed by atoms with Crippen LogP contribution < -0.4 is 0 Å². The number of ether oxygens (including phenoxy) is 6. The molecule has 0 radical (unpaired) electrons. The van der Waals surface area contributed by atoms with E-state index in [0.29, 0.717) is 46.2 Å². The van der Waals surface area contributed by atoms with Crippen LogP contribution >= 0.6 is 0 Å². The van der Waals surface area contributed by atoms with Crippen LogP contribution in [-0.4, -0.2) is 78.5 Å². The third-order valence-electron chi connectivity index (χ3n) is 2.52. The first kappa shape index (κ1) is 21.8. The largest absolute Gasteiger partial charge is 0.463 e. The van der Waals surface area contributed by atoms with E-state index in [1.807, 2.05) is 6.92 Å². The smallest absolute Gasteiger partial charge is 0.306 e. The summed E-state index contributed by atoms with van der Waals surface area (Å²) >= 11 is 0. The van der Waals surface area contributed by atoms with Gasteiger partial charge in [0.05, 0.1) is 52.5 Å². The van der Waals surface area contributed by atoms with Gasteiger partial charge in [-0.05, 0) is 6.92 Å². The van der Waals surface area contributed by atoms with Crippen LogP contribution in [0.25, 0.3) is 0 Å². The molecule has 0 bridgehead atoms. The molecule has 8 nitrogen and oxygen atoms in total. The highest BCUT2D eigenvalue weighted by molar-refractivity contribution is 5.77. The molecular weight excluding hydrogens is 308 g/mol. The molecule has 8 heteroatoms. The van der Waals surface area contributed by atoms with Crippen LogP contribution in [0.4, 0.5) is 0 Å². The fourth-order valence-electron chi connectivity index (χ4n) is 1.39. The van der Waals surface area contributed by atoms with Crippen molar-refractivity contribution in [3.05, 3.63) is 0 Å². The molecular formula is C15H28O8. The van der Waals surface area contributed by atoms with Gasteiger partial charge < -0.3 is 28.4 Å². The average Bonchev–Trinajstić information content (AvgIpc) is 2.55. The Labute approximate surface area is 137 Å². The first-order valence-corrected chi connectivity index (χ1v) is 7.74. The van der Waals surface area contributed by atoms with E-state index in [4.69, 9.17) is 28.4 Å². The Kier molecular flexibility index (Phi) is 16.2. The van der Waals surface area contributed by atoms with E-state index < -0.39 is 11.9 Å². The number of carbonyl (C=O) groups excluding carboxylic acids is 2. The number of methoxy groups -OCH3 is 1. The minimum absolute atomic E-state index is 0.0116. The molecule has 0 unspecified atom stereocenters. The van der Waals surface area contributed by atoms with Gasteiger partial charge >= 0.3 is 11.9 Å². The van der Waals surface area contributed by atoms with Crippen LogP contribution in [0.1, 0.15) is 19.8 Å². The topological polar surface area (TPSA) is 89.5 Å². The Morgan fingerprint density at radius 1 is 0.652 bits per heavy atom. The normalized spacial score (nSPS) is 10.5. The number of hydrogen-bond acceptors (Lipinski definition) is 8. The summed E-state index contributed by atoms with van der Waals surface area (Å²) in [6.07, 6.45) is -0.0234. The van der Waals surface area contributed by atoms with E-state index in [9.17, 15) is 9.59 Å². The summed E-state index contributed by atoms with van der Waals surface area (Å²) < 4.78 is 30.0. The van der Waals surface area contributed by atoms with Crippen molar-refractivity contribution in [3.8, 4) is 0 Å². The Balaban J connectivity index is 3.35. The molecule has 0 aromatic rings. The van der Waals surface area contributed by atoms with Gasteiger partial charge in [-0.3, -0.25) is 9.59 Å². The van der Waals surface area contributed by atoms with Crippen molar-refractivity contribution >= 4 is 11.9 Å². The van der Waals surface area contributed by atoms with Crippen molar-refractivity contribution in [1.29, 1.82) is 0 Å². The van der Waals surface area contributed by atoms with E-state index in [2.05, 4.69) is 0 Å². The lowest BCUT2D eigenvalue weighted by atomic mass is 10.3. The summed E-state index contributed by atoms with van der Waals surface area (Å²) in [4.78, 5) is 22.7. The third kappa shape index (κ3) is 17.0. The highest BCUT2D eigenvalue weighted by Crippen LogP contribution is 1.96. The highest BCUT2D eigenvalue weighted by Gasteiger charge is 2.09. The first-order chi connectivity index (χ1) is 11.2. The Hall–Kier alpha value is -1.22. The van der Waals surface area contributed by atoms with Crippen molar-refractivity contribution in [2.45, 2.75) is 19.8 Å². The van der Waals surface area contributed by atoms with Gasteiger partial charge in [0.2, 0.25) is 0 Å². The molecule has 0 aromatic heterocycles. The van der Waals surface area contributed by atoms with Crippen LogP contribution in [0.3, 0.4) is 0 Å². The fourth-order valence-corrected chi connectivity index (χ4v) is 1.39. The molecule has 0 atom stereocenters. The van der Waals surface area contributed by atoms with E-state index in [-0.39, 0.29) is 26.1 Å². The number of hydrogen-bond donors (Lipinski definition) is 0. The molecule has 0 saturated carbocycles. The van der Waals surface area contributed by atoms with Gasteiger partial charge in [0.25, 0.3) is 0 Å². The van der Waals surface area contributed by atoms with Gasteiger partial charge in [0.15, 0.2) is 0 Å². The van der Waals surface area contributed by atoms with Crippen molar-refractivity contribution in [3.63, 3.8) is 0 Å². The predicted octanol–water partition coefficient (Wildman–Crippen LogP) is 0.569. The zero-order valence-electron chi connectivity index (χ0n) is 14.0. The average molecular weight is 336 g/mol. The second-order valence-electron chi connectivity index (χ2n) is 4.36. The third-order valence-corrected chi connectivity index (χ3v) is 2.52. The van der Waals surface area contributed by atoms with Crippen molar-refractivity contribution in [1.82, 2.24) is 0 Å². The van der Waals surface area contributed by atoms with E-state index >= 15 is 0 Å². The van der Waals surface area contributed by atoms with E-state index in [1.54, 1.807) is 7.11 Å². The van der Waals surface area contributed by atoms with Gasteiger partial charge in [0, 0.05) is 13.7 Å². The molecule has 0 rings (SSSR count). The number of esters is 2. The molecule has 0 saturated heterocycles. The number of rotatable bonds is 16. The Bertz CT molecular complexity index is 295. The molecule has 0 amide bonds. The molecule has 0 heterocycles. The molecule has 23 heavy (non-hydrogen) atoms. The summed E-state index contributed by atoms with van der Waals surface area (Å²) in [5, 5.41) is 0. The second kappa shape index (κ2) is 17.1. The maximum Gasteiger partial charge on any atom is 0.306 e. The highest BCUT2D eigenvalue weighted by atomic mass is 16.6. The van der Waals surface area contributed by atoms with Crippen molar-refractivity contribution in [2.24, 2.45) is 0 Å². The quantitative estimate of drug-likeness (QED) is 0.298. The molecule has 0 fully saturated rings. The summed E-state index contributed by atoms with van der Waals surface area (Å²) in [7, 11) is 1.58. The zero-order valence-corrected chi connectivity index (χ0v) is 14.0. The minimum Gasteiger partial charge on any atom is -0.463 e. The van der Waals surface area contributed by atoms with Crippen LogP contribution in [0.15, 0.2) is 0 Å². The summed E-state index contributed by atoms with van der Waals surface area (Å²) in [5.41, 5.74) is 0. The summed E-state index contributed by atoms with van der Waals surface area (Å²) in [6, 6.07) is 0. The summed E-state index contributed by atoms with van der Waals surface area (Å²) in [6.45, 7) is 5.41. The fraction of sp³-hybridized carbons (Fsp3) is 0.867.